The minimum Gasteiger partial charge on any atom is -0.463 e. The lowest BCUT2D eigenvalue weighted by molar-refractivity contribution is -0.145. The topological polar surface area (TPSA) is 70.4 Å². The monoisotopic (exact) mass is 356 g/mol. The SMILES string of the molecule is Cc1cc(C)c2c(-n3cccc3)c(C(=O)O[C@@H]3CCOC3=O)sc2n1. The summed E-state index contributed by atoms with van der Waals surface area (Å²) in [5.41, 5.74) is 2.68. The predicted octanol–water partition coefficient (Wildman–Crippen LogP) is 3.18. The lowest BCUT2D eigenvalue weighted by atomic mass is 10.1. The molecule has 4 heterocycles. The number of hydrogen-bond acceptors (Lipinski definition) is 6. The summed E-state index contributed by atoms with van der Waals surface area (Å²) in [4.78, 5) is 30.2. The second-order valence-electron chi connectivity index (χ2n) is 5.98. The minimum atomic E-state index is -0.828. The molecular formula is C18H16N2O4S. The highest BCUT2D eigenvalue weighted by molar-refractivity contribution is 7.21. The lowest BCUT2D eigenvalue weighted by Crippen LogP contribution is -2.22. The fraction of sp³-hybridized carbons (Fsp3) is 0.278. The first kappa shape index (κ1) is 15.8. The molecule has 0 aromatic carbocycles. The van der Waals surface area contributed by atoms with Gasteiger partial charge >= 0.3 is 11.9 Å². The molecule has 1 aliphatic rings. The van der Waals surface area contributed by atoms with E-state index in [1.54, 1.807) is 0 Å². The quantitative estimate of drug-likeness (QED) is 0.674. The molecule has 0 N–H and O–H groups in total. The number of cyclic esters (lactones) is 1. The third kappa shape index (κ3) is 2.70. The molecule has 1 fully saturated rings. The zero-order chi connectivity index (χ0) is 17.6. The summed E-state index contributed by atoms with van der Waals surface area (Å²) >= 11 is 1.28. The Hall–Kier alpha value is -2.67. The van der Waals surface area contributed by atoms with Gasteiger partial charge in [-0.1, -0.05) is 0 Å². The third-order valence-corrected chi connectivity index (χ3v) is 5.20. The second kappa shape index (κ2) is 6.00. The smallest absolute Gasteiger partial charge is 0.351 e. The Morgan fingerprint density at radius 3 is 2.80 bits per heavy atom. The van der Waals surface area contributed by atoms with Crippen LogP contribution in [0.3, 0.4) is 0 Å². The van der Waals surface area contributed by atoms with Crippen molar-refractivity contribution in [2.75, 3.05) is 6.61 Å². The van der Waals surface area contributed by atoms with Crippen LogP contribution in [-0.2, 0) is 14.3 Å². The van der Waals surface area contributed by atoms with Gasteiger partial charge in [0.25, 0.3) is 0 Å². The molecule has 6 nitrogen and oxygen atoms in total. The molecule has 0 spiro atoms. The molecule has 3 aromatic heterocycles. The molecule has 4 rings (SSSR count). The van der Waals surface area contributed by atoms with Crippen LogP contribution in [0.5, 0.6) is 0 Å². The van der Waals surface area contributed by atoms with Crippen LogP contribution < -0.4 is 0 Å². The molecule has 0 bridgehead atoms. The fourth-order valence-corrected chi connectivity index (χ4v) is 4.24. The Kier molecular flexibility index (Phi) is 3.80. The van der Waals surface area contributed by atoms with Gasteiger partial charge in [0.2, 0.25) is 6.10 Å². The first-order chi connectivity index (χ1) is 12.0. The number of rotatable bonds is 3. The van der Waals surface area contributed by atoms with Gasteiger partial charge < -0.3 is 14.0 Å². The average molecular weight is 356 g/mol. The third-order valence-electron chi connectivity index (χ3n) is 4.15. The maximum atomic E-state index is 12.8. The molecule has 0 amide bonds. The Bertz CT molecular complexity index is 975. The van der Waals surface area contributed by atoms with Crippen LogP contribution in [0.15, 0.2) is 30.6 Å². The van der Waals surface area contributed by atoms with Crippen LogP contribution in [0, 0.1) is 13.8 Å². The predicted molar refractivity (Wildman–Crippen MR) is 93.2 cm³/mol. The van der Waals surface area contributed by atoms with Crippen molar-refractivity contribution in [2.45, 2.75) is 26.4 Å². The summed E-state index contributed by atoms with van der Waals surface area (Å²) in [5.74, 6) is -1.00. The number of aryl methyl sites for hydroxylation is 2. The minimum absolute atomic E-state index is 0.285. The van der Waals surface area contributed by atoms with Gasteiger partial charge in [-0.05, 0) is 37.6 Å². The van der Waals surface area contributed by atoms with E-state index in [4.69, 9.17) is 9.47 Å². The van der Waals surface area contributed by atoms with E-state index in [-0.39, 0.29) is 6.61 Å². The van der Waals surface area contributed by atoms with Gasteiger partial charge in [0.1, 0.15) is 9.71 Å². The fourth-order valence-electron chi connectivity index (χ4n) is 3.06. The van der Waals surface area contributed by atoms with Crippen LogP contribution in [0.1, 0.15) is 27.3 Å². The highest BCUT2D eigenvalue weighted by Crippen LogP contribution is 2.36. The van der Waals surface area contributed by atoms with E-state index in [0.717, 1.165) is 27.2 Å². The molecule has 0 unspecified atom stereocenters. The number of carbonyl (C=O) groups excluding carboxylic acids is 2. The summed E-state index contributed by atoms with van der Waals surface area (Å²) in [6.45, 7) is 4.21. The number of ether oxygens (including phenoxy) is 2. The lowest BCUT2D eigenvalue weighted by Gasteiger charge is -2.10. The molecule has 1 aliphatic heterocycles. The van der Waals surface area contributed by atoms with Gasteiger partial charge in [-0.3, -0.25) is 0 Å². The number of aromatic nitrogens is 2. The Balaban J connectivity index is 1.85. The van der Waals surface area contributed by atoms with Crippen LogP contribution in [0.25, 0.3) is 15.9 Å². The van der Waals surface area contributed by atoms with Crippen LogP contribution in [-0.4, -0.2) is 34.2 Å². The summed E-state index contributed by atoms with van der Waals surface area (Å²) < 4.78 is 12.2. The van der Waals surface area contributed by atoms with E-state index in [0.29, 0.717) is 11.3 Å². The molecule has 128 valence electrons. The van der Waals surface area contributed by atoms with Crippen molar-refractivity contribution in [1.82, 2.24) is 9.55 Å². The molecule has 25 heavy (non-hydrogen) atoms. The molecule has 1 saturated heterocycles. The maximum Gasteiger partial charge on any atom is 0.351 e. The van der Waals surface area contributed by atoms with Crippen molar-refractivity contribution in [3.05, 3.63) is 46.7 Å². The molecule has 7 heteroatoms. The number of thiophene rings is 1. The van der Waals surface area contributed by atoms with E-state index < -0.39 is 18.0 Å². The summed E-state index contributed by atoms with van der Waals surface area (Å²) in [5, 5.41) is 0.924. The number of carbonyl (C=O) groups is 2. The number of hydrogen-bond donors (Lipinski definition) is 0. The van der Waals surface area contributed by atoms with Crippen LogP contribution in [0.2, 0.25) is 0 Å². The van der Waals surface area contributed by atoms with Crippen molar-refractivity contribution >= 4 is 33.5 Å². The van der Waals surface area contributed by atoms with Gasteiger partial charge in [0.05, 0.1) is 12.3 Å². The van der Waals surface area contributed by atoms with Crippen LogP contribution in [0.4, 0.5) is 0 Å². The normalized spacial score (nSPS) is 17.0. The first-order valence-electron chi connectivity index (χ1n) is 7.96. The van der Waals surface area contributed by atoms with E-state index >= 15 is 0 Å². The van der Waals surface area contributed by atoms with Crippen molar-refractivity contribution in [3.8, 4) is 5.69 Å². The zero-order valence-corrected chi connectivity index (χ0v) is 14.6. The molecule has 3 aromatic rings. The van der Waals surface area contributed by atoms with Gasteiger partial charge in [-0.15, -0.1) is 11.3 Å². The Labute approximate surface area is 148 Å². The number of nitrogens with zero attached hydrogens (tertiary/aromatic N) is 2. The van der Waals surface area contributed by atoms with Gasteiger partial charge in [-0.25, -0.2) is 14.6 Å². The zero-order valence-electron chi connectivity index (χ0n) is 13.8. The van der Waals surface area contributed by atoms with E-state index in [1.807, 2.05) is 49.0 Å². The van der Waals surface area contributed by atoms with Crippen molar-refractivity contribution in [3.63, 3.8) is 0 Å². The van der Waals surface area contributed by atoms with Crippen LogP contribution >= 0.6 is 11.3 Å². The van der Waals surface area contributed by atoms with Crippen molar-refractivity contribution < 1.29 is 19.1 Å². The highest BCUT2D eigenvalue weighted by Gasteiger charge is 2.32. The molecule has 0 radical (unpaired) electrons. The number of fused-ring (bicyclic) bond motifs is 1. The molecule has 1 atom stereocenters. The summed E-state index contributed by atoms with van der Waals surface area (Å²) in [7, 11) is 0. The van der Waals surface area contributed by atoms with E-state index in [9.17, 15) is 9.59 Å². The van der Waals surface area contributed by atoms with Gasteiger partial charge in [0, 0.05) is 29.9 Å². The van der Waals surface area contributed by atoms with E-state index in [1.165, 1.54) is 11.3 Å². The molecular weight excluding hydrogens is 340 g/mol. The number of esters is 2. The second-order valence-corrected chi connectivity index (χ2v) is 6.98. The Morgan fingerprint density at radius 2 is 2.12 bits per heavy atom. The Morgan fingerprint density at radius 1 is 1.36 bits per heavy atom. The largest absolute Gasteiger partial charge is 0.463 e. The van der Waals surface area contributed by atoms with E-state index in [2.05, 4.69) is 4.98 Å². The number of pyridine rings is 1. The standard InChI is InChI=1S/C18H16N2O4S/c1-10-9-11(2)19-16-13(10)14(20-6-3-4-7-20)15(25-16)18(22)24-12-5-8-23-17(12)21/h3-4,6-7,9,12H,5,8H2,1-2H3/t12-/m1/s1. The maximum absolute atomic E-state index is 12.8. The highest BCUT2D eigenvalue weighted by atomic mass is 32.1. The van der Waals surface area contributed by atoms with Crippen molar-refractivity contribution in [1.29, 1.82) is 0 Å². The van der Waals surface area contributed by atoms with Gasteiger partial charge in [0.15, 0.2) is 0 Å². The summed E-state index contributed by atoms with van der Waals surface area (Å²) in [6, 6.07) is 5.78. The average Bonchev–Trinajstić information content (AvgIpc) is 3.26. The molecule has 0 aliphatic carbocycles. The first-order valence-corrected chi connectivity index (χ1v) is 8.78. The summed E-state index contributed by atoms with van der Waals surface area (Å²) in [6.07, 6.45) is 3.32. The molecule has 0 saturated carbocycles. The van der Waals surface area contributed by atoms with Crippen molar-refractivity contribution in [2.24, 2.45) is 0 Å². The van der Waals surface area contributed by atoms with Gasteiger partial charge in [-0.2, -0.15) is 0 Å².